The molecule has 0 amide bonds. The van der Waals surface area contributed by atoms with E-state index in [4.69, 9.17) is 0 Å². The van der Waals surface area contributed by atoms with E-state index < -0.39 is 0 Å². The highest BCUT2D eigenvalue weighted by Gasteiger charge is 2.28. The lowest BCUT2D eigenvalue weighted by molar-refractivity contribution is -0.103. The molecule has 0 fully saturated rings. The highest BCUT2D eigenvalue weighted by atomic mass is 16.1. The average Bonchev–Trinajstić information content (AvgIpc) is 2.75. The molecule has 0 radical (unpaired) electrons. The van der Waals surface area contributed by atoms with Gasteiger partial charge in [0.2, 0.25) is 0 Å². The number of H-pyrrole nitrogens is 1. The fraction of sp³-hybridized carbons (Fsp3) is 0.400. The first-order chi connectivity index (χ1) is 8.74. The lowest BCUT2D eigenvalue weighted by atomic mass is 9.83. The standard InChI is InChI=1S/C15H18N2O/c1-3-10-4-5-11(9-18)15-14(10)12-6-7-17(2)8-13(12)16-15/h5-7,9-10,16H,3-4,8H2,1-2H3. The summed E-state index contributed by atoms with van der Waals surface area (Å²) in [5.74, 6) is 0.539. The molecule has 1 unspecified atom stereocenters. The van der Waals surface area contributed by atoms with Crippen molar-refractivity contribution in [2.75, 3.05) is 7.05 Å². The van der Waals surface area contributed by atoms with Gasteiger partial charge in [0.05, 0.1) is 12.2 Å². The zero-order chi connectivity index (χ0) is 12.7. The molecule has 2 aliphatic rings. The Labute approximate surface area is 107 Å². The minimum atomic E-state index is 0.539. The highest BCUT2D eigenvalue weighted by Crippen LogP contribution is 2.40. The minimum Gasteiger partial charge on any atom is -0.375 e. The fourth-order valence-corrected chi connectivity index (χ4v) is 3.02. The first kappa shape index (κ1) is 11.3. The van der Waals surface area contributed by atoms with Crippen LogP contribution in [0.3, 0.4) is 0 Å². The molecule has 1 aliphatic heterocycles. The Morgan fingerprint density at radius 3 is 3.11 bits per heavy atom. The number of allylic oxidation sites excluding steroid dienone is 2. The van der Waals surface area contributed by atoms with Crippen molar-refractivity contribution in [3.63, 3.8) is 0 Å². The number of fused-ring (bicyclic) bond motifs is 3. The van der Waals surface area contributed by atoms with Crippen molar-refractivity contribution in [1.29, 1.82) is 0 Å². The second-order valence-electron chi connectivity index (χ2n) is 5.15. The maximum Gasteiger partial charge on any atom is 0.151 e. The molecular formula is C15H18N2O. The Balaban J connectivity index is 2.18. The Hall–Kier alpha value is -1.77. The van der Waals surface area contributed by atoms with Gasteiger partial charge in [-0.3, -0.25) is 4.79 Å². The molecule has 0 spiro atoms. The summed E-state index contributed by atoms with van der Waals surface area (Å²) >= 11 is 0. The molecule has 18 heavy (non-hydrogen) atoms. The summed E-state index contributed by atoms with van der Waals surface area (Å²) < 4.78 is 0. The Kier molecular flexibility index (Phi) is 2.62. The summed E-state index contributed by atoms with van der Waals surface area (Å²) in [4.78, 5) is 16.8. The zero-order valence-corrected chi connectivity index (χ0v) is 10.9. The van der Waals surface area contributed by atoms with E-state index >= 15 is 0 Å². The number of aromatic amines is 1. The van der Waals surface area contributed by atoms with Crippen LogP contribution in [0.5, 0.6) is 0 Å². The lowest BCUT2D eigenvalue weighted by Crippen LogP contribution is -2.14. The van der Waals surface area contributed by atoms with Crippen molar-refractivity contribution in [3.05, 3.63) is 34.8 Å². The molecule has 1 aromatic rings. The zero-order valence-electron chi connectivity index (χ0n) is 10.9. The molecule has 3 heteroatoms. The van der Waals surface area contributed by atoms with Gasteiger partial charge in [-0.1, -0.05) is 13.0 Å². The van der Waals surface area contributed by atoms with E-state index in [0.29, 0.717) is 5.92 Å². The summed E-state index contributed by atoms with van der Waals surface area (Å²) in [5, 5.41) is 0. The first-order valence-electron chi connectivity index (χ1n) is 6.53. The second kappa shape index (κ2) is 4.16. The van der Waals surface area contributed by atoms with Crippen molar-refractivity contribution >= 4 is 17.9 Å². The number of aromatic nitrogens is 1. The van der Waals surface area contributed by atoms with Gasteiger partial charge in [0.1, 0.15) is 0 Å². The van der Waals surface area contributed by atoms with Crippen LogP contribution >= 0.6 is 0 Å². The van der Waals surface area contributed by atoms with E-state index in [0.717, 1.165) is 36.9 Å². The van der Waals surface area contributed by atoms with E-state index in [1.807, 2.05) is 0 Å². The Morgan fingerprint density at radius 1 is 1.56 bits per heavy atom. The molecule has 94 valence electrons. The van der Waals surface area contributed by atoms with Crippen LogP contribution in [-0.4, -0.2) is 23.2 Å². The molecule has 0 bridgehead atoms. The topological polar surface area (TPSA) is 36.1 Å². The molecule has 0 saturated carbocycles. The largest absolute Gasteiger partial charge is 0.375 e. The number of hydrogen-bond donors (Lipinski definition) is 1. The summed E-state index contributed by atoms with van der Waals surface area (Å²) in [6.45, 7) is 3.10. The maximum absolute atomic E-state index is 11.2. The number of hydrogen-bond acceptors (Lipinski definition) is 2. The fourth-order valence-electron chi connectivity index (χ4n) is 3.02. The number of carbonyl (C=O) groups excluding carboxylic acids is 1. The van der Waals surface area contributed by atoms with Crippen molar-refractivity contribution in [2.24, 2.45) is 0 Å². The number of carbonyl (C=O) groups is 1. The van der Waals surface area contributed by atoms with Crippen LogP contribution in [0.15, 0.2) is 12.3 Å². The third-order valence-corrected chi connectivity index (χ3v) is 4.00. The van der Waals surface area contributed by atoms with Gasteiger partial charge in [-0.05, 0) is 36.6 Å². The normalized spacial score (nSPS) is 21.3. The molecule has 2 heterocycles. The van der Waals surface area contributed by atoms with Crippen LogP contribution in [0.25, 0.3) is 11.6 Å². The summed E-state index contributed by atoms with van der Waals surface area (Å²) in [5.41, 5.74) is 5.76. The Morgan fingerprint density at radius 2 is 2.39 bits per heavy atom. The van der Waals surface area contributed by atoms with E-state index in [1.165, 1.54) is 16.8 Å². The first-order valence-corrected chi connectivity index (χ1v) is 6.53. The SMILES string of the molecule is CCC1CC=C(C=O)c2[nH]c3c(c21)C=CN(C)C3. The van der Waals surface area contributed by atoms with E-state index in [9.17, 15) is 4.79 Å². The molecule has 1 N–H and O–H groups in total. The van der Waals surface area contributed by atoms with Crippen molar-refractivity contribution in [3.8, 4) is 0 Å². The molecule has 1 aliphatic carbocycles. The van der Waals surface area contributed by atoms with Crippen molar-refractivity contribution in [2.45, 2.75) is 32.2 Å². The number of rotatable bonds is 2. The third-order valence-electron chi connectivity index (χ3n) is 4.00. The number of nitrogens with zero attached hydrogens (tertiary/aromatic N) is 1. The minimum absolute atomic E-state index is 0.539. The van der Waals surface area contributed by atoms with E-state index in [1.54, 1.807) is 0 Å². The van der Waals surface area contributed by atoms with Crippen LogP contribution in [0.4, 0.5) is 0 Å². The summed E-state index contributed by atoms with van der Waals surface area (Å²) in [6, 6.07) is 0. The quantitative estimate of drug-likeness (QED) is 0.809. The van der Waals surface area contributed by atoms with Gasteiger partial charge in [0, 0.05) is 23.9 Å². The van der Waals surface area contributed by atoms with Gasteiger partial charge >= 0.3 is 0 Å². The molecule has 1 aromatic heterocycles. The smallest absolute Gasteiger partial charge is 0.151 e. The van der Waals surface area contributed by atoms with Gasteiger partial charge < -0.3 is 9.88 Å². The average molecular weight is 242 g/mol. The Bertz CT molecular complexity index is 551. The van der Waals surface area contributed by atoms with Crippen LogP contribution in [0, 0.1) is 0 Å². The number of aldehydes is 1. The van der Waals surface area contributed by atoms with Gasteiger partial charge in [-0.15, -0.1) is 0 Å². The van der Waals surface area contributed by atoms with Crippen molar-refractivity contribution in [1.82, 2.24) is 9.88 Å². The highest BCUT2D eigenvalue weighted by molar-refractivity contribution is 6.07. The summed E-state index contributed by atoms with van der Waals surface area (Å²) in [6.07, 6.45) is 9.42. The van der Waals surface area contributed by atoms with Gasteiger partial charge in [0.25, 0.3) is 0 Å². The third kappa shape index (κ3) is 1.54. The maximum atomic E-state index is 11.2. The van der Waals surface area contributed by atoms with Crippen molar-refractivity contribution < 1.29 is 4.79 Å². The molecular weight excluding hydrogens is 224 g/mol. The number of nitrogens with one attached hydrogen (secondary N) is 1. The molecule has 0 saturated heterocycles. The molecule has 3 nitrogen and oxygen atoms in total. The molecule has 0 aromatic carbocycles. The van der Waals surface area contributed by atoms with Crippen LogP contribution in [0.2, 0.25) is 0 Å². The monoisotopic (exact) mass is 242 g/mol. The predicted octanol–water partition coefficient (Wildman–Crippen LogP) is 2.91. The summed E-state index contributed by atoms with van der Waals surface area (Å²) in [7, 11) is 2.06. The van der Waals surface area contributed by atoms with Crippen LogP contribution < -0.4 is 0 Å². The van der Waals surface area contributed by atoms with E-state index in [2.05, 4.69) is 42.2 Å². The predicted molar refractivity (Wildman–Crippen MR) is 73.0 cm³/mol. The van der Waals surface area contributed by atoms with Gasteiger partial charge in [0.15, 0.2) is 6.29 Å². The lowest BCUT2D eigenvalue weighted by Gasteiger charge is -2.22. The second-order valence-corrected chi connectivity index (χ2v) is 5.15. The molecule has 3 rings (SSSR count). The van der Waals surface area contributed by atoms with E-state index in [-0.39, 0.29) is 0 Å². The van der Waals surface area contributed by atoms with Gasteiger partial charge in [-0.2, -0.15) is 0 Å². The molecule has 1 atom stereocenters. The van der Waals surface area contributed by atoms with Crippen LogP contribution in [-0.2, 0) is 11.3 Å². The van der Waals surface area contributed by atoms with Gasteiger partial charge in [-0.25, -0.2) is 0 Å². The van der Waals surface area contributed by atoms with Crippen LogP contribution in [0.1, 0.15) is 48.2 Å².